The van der Waals surface area contributed by atoms with E-state index < -0.39 is 21.7 Å². The van der Waals surface area contributed by atoms with Gasteiger partial charge in [0.05, 0.1) is 34.5 Å². The summed E-state index contributed by atoms with van der Waals surface area (Å²) in [6.45, 7) is 3.22. The Morgan fingerprint density at radius 1 is 1.08 bits per heavy atom. The second-order valence-electron chi connectivity index (χ2n) is 8.42. The van der Waals surface area contributed by atoms with E-state index in [1.54, 1.807) is 12.3 Å². The molecule has 0 radical (unpaired) electrons. The molecule has 0 N–H and O–H groups in total. The van der Waals surface area contributed by atoms with Crippen molar-refractivity contribution in [1.82, 2.24) is 9.29 Å². The summed E-state index contributed by atoms with van der Waals surface area (Å²) >= 11 is 1.13. The molecule has 0 saturated carbocycles. The molecule has 0 bridgehead atoms. The maximum absolute atomic E-state index is 13.8. The summed E-state index contributed by atoms with van der Waals surface area (Å²) in [5.74, 6) is -0.904. The van der Waals surface area contributed by atoms with Gasteiger partial charge in [-0.15, -0.1) is 0 Å². The normalized spacial score (nSPS) is 14.9. The Labute approximate surface area is 217 Å². The number of hydrogen-bond acceptors (Lipinski definition) is 7. The van der Waals surface area contributed by atoms with Crippen molar-refractivity contribution in [3.05, 3.63) is 89.2 Å². The van der Waals surface area contributed by atoms with E-state index in [2.05, 4.69) is 10.1 Å². The summed E-state index contributed by atoms with van der Waals surface area (Å²) in [7, 11) is -3.70. The first-order valence-electron chi connectivity index (χ1n) is 11.5. The first kappa shape index (κ1) is 25.2. The summed E-state index contributed by atoms with van der Waals surface area (Å²) in [4.78, 5) is 18.1. The zero-order valence-electron chi connectivity index (χ0n) is 19.9. The van der Waals surface area contributed by atoms with Crippen molar-refractivity contribution < 1.29 is 22.3 Å². The molecule has 1 fully saturated rings. The number of hydrogen-bond donors (Lipinski definition) is 0. The number of fused-ring (bicyclic) bond motifs is 1. The summed E-state index contributed by atoms with van der Waals surface area (Å²) in [6, 6.07) is 17.6. The highest BCUT2D eigenvalue weighted by Crippen LogP contribution is 2.31. The fourth-order valence-corrected chi connectivity index (χ4v) is 6.13. The molecule has 0 aliphatic carbocycles. The van der Waals surface area contributed by atoms with Crippen LogP contribution in [-0.2, 0) is 14.8 Å². The third kappa shape index (κ3) is 5.44. The Morgan fingerprint density at radius 3 is 2.49 bits per heavy atom. The fourth-order valence-electron chi connectivity index (χ4n) is 3.77. The standard InChI is InChI=1S/C26H23FN4O4S2/c1-18-2-4-19(5-3-18)17-28-31(26-29-23-11-8-21(27)16-24(23)36-26)25(32)20-6-9-22(10-7-20)37(33,34)30-12-14-35-15-13-30/h2-11,16-17H,12-15H2,1H3/b28-17+. The van der Waals surface area contributed by atoms with Crippen LogP contribution in [0.2, 0.25) is 0 Å². The molecule has 37 heavy (non-hydrogen) atoms. The molecule has 11 heteroatoms. The highest BCUT2D eigenvalue weighted by atomic mass is 32.2. The number of carbonyl (C=O) groups is 1. The number of aryl methyl sites for hydroxylation is 1. The van der Waals surface area contributed by atoms with E-state index in [1.807, 2.05) is 31.2 Å². The third-order valence-electron chi connectivity index (χ3n) is 5.82. The number of benzene rings is 3. The lowest BCUT2D eigenvalue weighted by Crippen LogP contribution is -2.40. The van der Waals surface area contributed by atoms with Crippen LogP contribution in [0.25, 0.3) is 10.2 Å². The molecule has 5 rings (SSSR count). The number of sulfonamides is 1. The highest BCUT2D eigenvalue weighted by molar-refractivity contribution is 7.89. The monoisotopic (exact) mass is 538 g/mol. The number of aromatic nitrogens is 1. The molecule has 0 atom stereocenters. The lowest BCUT2D eigenvalue weighted by molar-refractivity contribution is 0.0730. The van der Waals surface area contributed by atoms with Crippen molar-refractivity contribution >= 4 is 48.8 Å². The SMILES string of the molecule is Cc1ccc(/C=N/N(C(=O)c2ccc(S(=O)(=O)N3CCOCC3)cc2)c2nc3ccc(F)cc3s2)cc1. The van der Waals surface area contributed by atoms with E-state index in [9.17, 15) is 17.6 Å². The third-order valence-corrected chi connectivity index (χ3v) is 8.73. The average Bonchev–Trinajstić information content (AvgIpc) is 3.33. The predicted molar refractivity (Wildman–Crippen MR) is 141 cm³/mol. The van der Waals surface area contributed by atoms with Crippen LogP contribution < -0.4 is 5.01 Å². The first-order valence-corrected chi connectivity index (χ1v) is 13.8. The average molecular weight is 539 g/mol. The molecule has 1 aromatic heterocycles. The second-order valence-corrected chi connectivity index (χ2v) is 11.4. The van der Waals surface area contributed by atoms with Crippen LogP contribution in [0.15, 0.2) is 76.7 Å². The minimum Gasteiger partial charge on any atom is -0.379 e. The van der Waals surface area contributed by atoms with Gasteiger partial charge in [0.1, 0.15) is 5.82 Å². The number of anilines is 1. The van der Waals surface area contributed by atoms with E-state index in [0.717, 1.165) is 27.5 Å². The number of carbonyl (C=O) groups excluding carboxylic acids is 1. The summed E-state index contributed by atoms with van der Waals surface area (Å²) in [6.07, 6.45) is 1.54. The van der Waals surface area contributed by atoms with Gasteiger partial charge in [0, 0.05) is 18.7 Å². The summed E-state index contributed by atoms with van der Waals surface area (Å²) in [5, 5.41) is 5.81. The van der Waals surface area contributed by atoms with Crippen LogP contribution in [0.4, 0.5) is 9.52 Å². The number of ether oxygens (including phenoxy) is 1. The number of amides is 1. The minimum absolute atomic E-state index is 0.0936. The number of rotatable bonds is 6. The largest absolute Gasteiger partial charge is 0.379 e. The van der Waals surface area contributed by atoms with Gasteiger partial charge in [0.15, 0.2) is 0 Å². The molecule has 0 spiro atoms. The van der Waals surface area contributed by atoms with Gasteiger partial charge in [0.25, 0.3) is 5.91 Å². The molecule has 3 aromatic carbocycles. The van der Waals surface area contributed by atoms with E-state index in [-0.39, 0.29) is 28.7 Å². The molecule has 8 nitrogen and oxygen atoms in total. The Morgan fingerprint density at radius 2 is 1.78 bits per heavy atom. The molecule has 190 valence electrons. The molecular weight excluding hydrogens is 515 g/mol. The quantitative estimate of drug-likeness (QED) is 0.267. The van der Waals surface area contributed by atoms with Gasteiger partial charge in [-0.3, -0.25) is 4.79 Å². The Hall–Kier alpha value is -3.51. The van der Waals surface area contributed by atoms with Gasteiger partial charge in [-0.1, -0.05) is 41.2 Å². The van der Waals surface area contributed by atoms with Crippen LogP contribution in [0, 0.1) is 12.7 Å². The molecular formula is C26H23FN4O4S2. The second kappa shape index (κ2) is 10.5. The molecule has 1 aliphatic heterocycles. The predicted octanol–water partition coefficient (Wildman–Crippen LogP) is 4.45. The summed E-state index contributed by atoms with van der Waals surface area (Å²) in [5.41, 5.74) is 2.64. The lowest BCUT2D eigenvalue weighted by Gasteiger charge is -2.26. The number of morpholine rings is 1. The highest BCUT2D eigenvalue weighted by Gasteiger charge is 2.27. The number of halogens is 1. The van der Waals surface area contributed by atoms with E-state index in [1.165, 1.54) is 40.7 Å². The van der Waals surface area contributed by atoms with Gasteiger partial charge >= 0.3 is 0 Å². The molecule has 1 saturated heterocycles. The lowest BCUT2D eigenvalue weighted by atomic mass is 10.2. The van der Waals surface area contributed by atoms with Crippen molar-refractivity contribution in [1.29, 1.82) is 0 Å². The molecule has 2 heterocycles. The van der Waals surface area contributed by atoms with Crippen molar-refractivity contribution in [3.8, 4) is 0 Å². The van der Waals surface area contributed by atoms with Gasteiger partial charge < -0.3 is 4.74 Å². The first-order chi connectivity index (χ1) is 17.8. The van der Waals surface area contributed by atoms with Gasteiger partial charge in [-0.05, 0) is 55.0 Å². The van der Waals surface area contributed by atoms with E-state index in [4.69, 9.17) is 4.74 Å². The number of nitrogens with zero attached hydrogens (tertiary/aromatic N) is 4. The molecule has 0 unspecified atom stereocenters. The van der Waals surface area contributed by atoms with Crippen LogP contribution in [0.3, 0.4) is 0 Å². The van der Waals surface area contributed by atoms with Gasteiger partial charge in [0.2, 0.25) is 15.2 Å². The number of thiazole rings is 1. The van der Waals surface area contributed by atoms with Crippen molar-refractivity contribution in [2.45, 2.75) is 11.8 Å². The number of hydrazone groups is 1. The van der Waals surface area contributed by atoms with Crippen molar-refractivity contribution in [3.63, 3.8) is 0 Å². The van der Waals surface area contributed by atoms with Crippen LogP contribution >= 0.6 is 11.3 Å². The topological polar surface area (TPSA) is 92.2 Å². The Bertz CT molecular complexity index is 1560. The fraction of sp³-hybridized carbons (Fsp3) is 0.192. The van der Waals surface area contributed by atoms with Crippen LogP contribution in [0.5, 0.6) is 0 Å². The molecule has 4 aromatic rings. The smallest absolute Gasteiger partial charge is 0.280 e. The zero-order chi connectivity index (χ0) is 26.0. The van der Waals surface area contributed by atoms with Crippen molar-refractivity contribution in [2.75, 3.05) is 31.3 Å². The molecule has 1 amide bonds. The van der Waals surface area contributed by atoms with E-state index >= 15 is 0 Å². The zero-order valence-corrected chi connectivity index (χ0v) is 21.5. The Balaban J connectivity index is 1.47. The van der Waals surface area contributed by atoms with Crippen LogP contribution in [0.1, 0.15) is 21.5 Å². The van der Waals surface area contributed by atoms with Crippen molar-refractivity contribution in [2.24, 2.45) is 5.10 Å². The molecule has 1 aliphatic rings. The van der Waals surface area contributed by atoms with Gasteiger partial charge in [-0.2, -0.15) is 14.4 Å². The van der Waals surface area contributed by atoms with Gasteiger partial charge in [-0.25, -0.2) is 17.8 Å². The van der Waals surface area contributed by atoms with Crippen LogP contribution in [-0.4, -0.2) is 56.1 Å². The maximum Gasteiger partial charge on any atom is 0.280 e. The van der Waals surface area contributed by atoms with E-state index in [0.29, 0.717) is 23.4 Å². The minimum atomic E-state index is -3.70. The maximum atomic E-state index is 13.8. The summed E-state index contributed by atoms with van der Waals surface area (Å²) < 4.78 is 46.8. The Kier molecular flexibility index (Phi) is 7.11.